The molecule has 0 aliphatic heterocycles. The van der Waals surface area contributed by atoms with Crippen LogP contribution < -0.4 is 11.0 Å². The molecule has 0 atom stereocenters. The fraction of sp³-hybridized carbons (Fsp3) is 0.211. The van der Waals surface area contributed by atoms with Crippen LogP contribution in [0.1, 0.15) is 5.56 Å². The van der Waals surface area contributed by atoms with E-state index in [1.54, 1.807) is 7.05 Å². The third-order valence-electron chi connectivity index (χ3n) is 3.93. The number of hydrogen-bond donors (Lipinski definition) is 1. The van der Waals surface area contributed by atoms with E-state index in [1.165, 1.54) is 9.25 Å². The smallest absolute Gasteiger partial charge is 0.345 e. The Morgan fingerprint density at radius 3 is 2.36 bits per heavy atom. The summed E-state index contributed by atoms with van der Waals surface area (Å²) in [6.45, 7) is 0.691. The maximum absolute atomic E-state index is 12.3. The van der Waals surface area contributed by atoms with Gasteiger partial charge >= 0.3 is 5.69 Å². The number of carbonyl (C=O) groups excluding carboxylic acids is 1. The summed E-state index contributed by atoms with van der Waals surface area (Å²) < 4.78 is 2.90. The fourth-order valence-electron chi connectivity index (χ4n) is 2.62. The van der Waals surface area contributed by atoms with Crippen molar-refractivity contribution >= 4 is 5.91 Å². The Kier molecular flexibility index (Phi) is 5.09. The first-order chi connectivity index (χ1) is 12.1. The molecule has 0 radical (unpaired) electrons. The molecule has 1 amide bonds. The average Bonchev–Trinajstić information content (AvgIpc) is 2.92. The van der Waals surface area contributed by atoms with Crippen LogP contribution in [0.15, 0.2) is 65.5 Å². The lowest BCUT2D eigenvalue weighted by atomic mass is 10.1. The van der Waals surface area contributed by atoms with Crippen molar-refractivity contribution in [2.45, 2.75) is 13.0 Å². The maximum Gasteiger partial charge on any atom is 0.345 e. The lowest BCUT2D eigenvalue weighted by Crippen LogP contribution is -2.32. The third-order valence-corrected chi connectivity index (χ3v) is 3.93. The molecule has 0 saturated carbocycles. The highest BCUT2D eigenvalue weighted by Crippen LogP contribution is 2.13. The Labute approximate surface area is 145 Å². The highest BCUT2D eigenvalue weighted by molar-refractivity contribution is 5.78. The molecule has 1 heterocycles. The molecule has 0 fully saturated rings. The van der Waals surface area contributed by atoms with Gasteiger partial charge in [-0.15, -0.1) is 5.10 Å². The molecule has 25 heavy (non-hydrogen) atoms. The van der Waals surface area contributed by atoms with E-state index in [1.807, 2.05) is 60.7 Å². The Morgan fingerprint density at radius 2 is 1.68 bits per heavy atom. The Bertz CT molecular complexity index is 898. The molecule has 0 aliphatic carbocycles. The molecule has 0 spiro atoms. The highest BCUT2D eigenvalue weighted by atomic mass is 16.2. The molecule has 0 bridgehead atoms. The molecule has 0 aliphatic rings. The lowest BCUT2D eigenvalue weighted by Gasteiger charge is -2.05. The van der Waals surface area contributed by atoms with Crippen LogP contribution in [0.25, 0.3) is 11.4 Å². The second-order valence-electron chi connectivity index (χ2n) is 5.77. The van der Waals surface area contributed by atoms with E-state index in [-0.39, 0.29) is 11.6 Å². The van der Waals surface area contributed by atoms with Gasteiger partial charge in [0.1, 0.15) is 0 Å². The van der Waals surface area contributed by atoms with Gasteiger partial charge in [0.15, 0.2) is 5.82 Å². The minimum atomic E-state index is -0.198. The predicted molar refractivity (Wildman–Crippen MR) is 96.1 cm³/mol. The summed E-state index contributed by atoms with van der Waals surface area (Å²) in [6, 6.07) is 19.1. The highest BCUT2D eigenvalue weighted by Gasteiger charge is 2.12. The van der Waals surface area contributed by atoms with E-state index < -0.39 is 0 Å². The predicted octanol–water partition coefficient (Wildman–Crippen LogP) is 1.61. The largest absolute Gasteiger partial charge is 0.354 e. The molecule has 6 nitrogen and oxygen atoms in total. The van der Waals surface area contributed by atoms with Crippen molar-refractivity contribution in [1.29, 1.82) is 0 Å². The number of carbonyl (C=O) groups is 1. The zero-order valence-electron chi connectivity index (χ0n) is 14.1. The van der Waals surface area contributed by atoms with E-state index in [2.05, 4.69) is 10.4 Å². The summed E-state index contributed by atoms with van der Waals surface area (Å²) in [5.74, 6) is 0.541. The first kappa shape index (κ1) is 16.7. The van der Waals surface area contributed by atoms with Crippen LogP contribution >= 0.6 is 0 Å². The number of amides is 1. The maximum atomic E-state index is 12.3. The Hall–Kier alpha value is -3.15. The van der Waals surface area contributed by atoms with Gasteiger partial charge in [-0.3, -0.25) is 9.36 Å². The summed E-state index contributed by atoms with van der Waals surface area (Å²) >= 11 is 0. The van der Waals surface area contributed by atoms with Gasteiger partial charge in [-0.05, 0) is 5.56 Å². The average molecular weight is 336 g/mol. The molecular weight excluding hydrogens is 316 g/mol. The first-order valence-corrected chi connectivity index (χ1v) is 8.15. The summed E-state index contributed by atoms with van der Waals surface area (Å²) in [6.07, 6.45) is 0.327. The summed E-state index contributed by atoms with van der Waals surface area (Å²) in [5, 5.41) is 7.20. The van der Waals surface area contributed by atoms with Crippen LogP contribution in [-0.2, 0) is 24.8 Å². The van der Waals surface area contributed by atoms with Gasteiger partial charge in [0, 0.05) is 19.2 Å². The van der Waals surface area contributed by atoms with Crippen molar-refractivity contribution < 1.29 is 4.79 Å². The van der Waals surface area contributed by atoms with Crippen LogP contribution in [0.4, 0.5) is 0 Å². The quantitative estimate of drug-likeness (QED) is 0.743. The minimum absolute atomic E-state index is 0.0709. The van der Waals surface area contributed by atoms with Crippen LogP contribution in [0.2, 0.25) is 0 Å². The van der Waals surface area contributed by atoms with E-state index in [4.69, 9.17) is 0 Å². The second kappa shape index (κ2) is 7.61. The second-order valence-corrected chi connectivity index (χ2v) is 5.77. The third kappa shape index (κ3) is 4.03. The molecule has 6 heteroatoms. The zero-order chi connectivity index (χ0) is 17.6. The number of nitrogens with zero attached hydrogens (tertiary/aromatic N) is 3. The molecule has 0 saturated heterocycles. The van der Waals surface area contributed by atoms with Gasteiger partial charge in [-0.1, -0.05) is 60.7 Å². The van der Waals surface area contributed by atoms with E-state index >= 15 is 0 Å². The van der Waals surface area contributed by atoms with Crippen LogP contribution in [0.3, 0.4) is 0 Å². The van der Waals surface area contributed by atoms with E-state index in [9.17, 15) is 9.59 Å². The molecule has 128 valence electrons. The first-order valence-electron chi connectivity index (χ1n) is 8.15. The number of rotatable bonds is 6. The topological polar surface area (TPSA) is 68.9 Å². The van der Waals surface area contributed by atoms with Crippen molar-refractivity contribution in [3.63, 3.8) is 0 Å². The van der Waals surface area contributed by atoms with Crippen molar-refractivity contribution in [3.05, 3.63) is 76.7 Å². The molecule has 1 aromatic heterocycles. The summed E-state index contributed by atoms with van der Waals surface area (Å²) in [5.41, 5.74) is 1.64. The molecule has 1 N–H and O–H groups in total. The number of benzene rings is 2. The molecule has 3 rings (SSSR count). The van der Waals surface area contributed by atoms with Gasteiger partial charge in [-0.2, -0.15) is 0 Å². The molecule has 3 aromatic rings. The van der Waals surface area contributed by atoms with Crippen molar-refractivity contribution in [1.82, 2.24) is 19.7 Å². The van der Waals surface area contributed by atoms with Crippen molar-refractivity contribution in [3.8, 4) is 11.4 Å². The van der Waals surface area contributed by atoms with Crippen LogP contribution in [0.5, 0.6) is 0 Å². The van der Waals surface area contributed by atoms with Crippen molar-refractivity contribution in [2.24, 2.45) is 7.05 Å². The van der Waals surface area contributed by atoms with Gasteiger partial charge in [0.05, 0.1) is 13.0 Å². The Morgan fingerprint density at radius 1 is 1.04 bits per heavy atom. The molecule has 0 unspecified atom stereocenters. The standard InChI is InChI=1S/C19H20N4O2/c1-22-18(16-10-6-3-7-11-16)21-23(19(22)25)13-12-20-17(24)14-15-8-4-2-5-9-15/h2-11H,12-14H2,1H3,(H,20,24). The summed E-state index contributed by atoms with van der Waals surface area (Å²) in [7, 11) is 1.70. The van der Waals surface area contributed by atoms with Gasteiger partial charge < -0.3 is 5.32 Å². The molecular formula is C19H20N4O2. The van der Waals surface area contributed by atoms with Gasteiger partial charge in [0.25, 0.3) is 0 Å². The fourth-order valence-corrected chi connectivity index (χ4v) is 2.62. The van der Waals surface area contributed by atoms with Crippen molar-refractivity contribution in [2.75, 3.05) is 6.54 Å². The zero-order valence-corrected chi connectivity index (χ0v) is 14.1. The van der Waals surface area contributed by atoms with Crippen LogP contribution in [-0.4, -0.2) is 26.8 Å². The van der Waals surface area contributed by atoms with Gasteiger partial charge in [-0.25, -0.2) is 9.48 Å². The summed E-state index contributed by atoms with van der Waals surface area (Å²) in [4.78, 5) is 24.2. The number of nitrogens with one attached hydrogen (secondary N) is 1. The van der Waals surface area contributed by atoms with E-state index in [0.29, 0.717) is 25.3 Å². The number of hydrogen-bond acceptors (Lipinski definition) is 3. The normalized spacial score (nSPS) is 10.6. The SMILES string of the molecule is Cn1c(-c2ccccc2)nn(CCNC(=O)Cc2ccccc2)c1=O. The van der Waals surface area contributed by atoms with E-state index in [0.717, 1.165) is 11.1 Å². The monoisotopic (exact) mass is 336 g/mol. The van der Waals surface area contributed by atoms with Crippen LogP contribution in [0, 0.1) is 0 Å². The number of aromatic nitrogens is 3. The molecule has 2 aromatic carbocycles. The minimum Gasteiger partial charge on any atom is -0.354 e. The lowest BCUT2D eigenvalue weighted by molar-refractivity contribution is -0.120. The van der Waals surface area contributed by atoms with Gasteiger partial charge in [0.2, 0.25) is 5.91 Å². The Balaban J connectivity index is 1.60.